The lowest BCUT2D eigenvalue weighted by atomic mass is 10.2. The summed E-state index contributed by atoms with van der Waals surface area (Å²) in [7, 11) is -2.71. The molecular weight excluding hydrogens is 361 g/mol. The number of hydrogen-bond acceptors (Lipinski definition) is 3. The monoisotopic (exact) mass is 373 g/mol. The van der Waals surface area contributed by atoms with Gasteiger partial charge in [0.1, 0.15) is 10.7 Å². The Hall–Kier alpha value is -1.44. The molecule has 2 aromatic carbocycles. The molecule has 112 valence electrons. The number of benzene rings is 2. The highest BCUT2D eigenvalue weighted by Gasteiger charge is 2.27. The van der Waals surface area contributed by atoms with Crippen molar-refractivity contribution in [1.82, 2.24) is 0 Å². The van der Waals surface area contributed by atoms with E-state index in [1.54, 1.807) is 30.3 Å². The quantitative estimate of drug-likeness (QED) is 0.896. The van der Waals surface area contributed by atoms with E-state index in [0.717, 1.165) is 4.31 Å². The third-order valence-corrected chi connectivity index (χ3v) is 5.25. The summed E-state index contributed by atoms with van der Waals surface area (Å²) in [6, 6.07) is 10.9. The lowest BCUT2D eigenvalue weighted by Crippen LogP contribution is -2.27. The van der Waals surface area contributed by atoms with Crippen LogP contribution in [0.1, 0.15) is 5.56 Å². The zero-order valence-electron chi connectivity index (χ0n) is 11.1. The standard InChI is InChI=1S/C14H13BrFNO3S/c1-17(12-5-3-2-4-6-12)21(19,20)13-8-11(15)7-10(9-18)14(13)16/h2-8,18H,9H2,1H3. The molecule has 0 aliphatic heterocycles. The van der Waals surface area contributed by atoms with E-state index in [2.05, 4.69) is 15.9 Å². The summed E-state index contributed by atoms with van der Waals surface area (Å²) < 4.78 is 40.7. The minimum atomic E-state index is -4.06. The Kier molecular flexibility index (Phi) is 4.65. The number of hydrogen-bond donors (Lipinski definition) is 1. The number of halogens is 2. The molecule has 0 aromatic heterocycles. The molecule has 1 N–H and O–H groups in total. The van der Waals surface area contributed by atoms with Gasteiger partial charge in [0.15, 0.2) is 0 Å². The zero-order valence-corrected chi connectivity index (χ0v) is 13.5. The van der Waals surface area contributed by atoms with Gasteiger partial charge in [0, 0.05) is 17.1 Å². The van der Waals surface area contributed by atoms with Crippen LogP contribution in [0.4, 0.5) is 10.1 Å². The van der Waals surface area contributed by atoms with Gasteiger partial charge in [0.2, 0.25) is 0 Å². The molecule has 21 heavy (non-hydrogen) atoms. The van der Waals surface area contributed by atoms with Crippen molar-refractivity contribution in [1.29, 1.82) is 0 Å². The van der Waals surface area contributed by atoms with Crippen LogP contribution < -0.4 is 4.31 Å². The van der Waals surface area contributed by atoms with Gasteiger partial charge >= 0.3 is 0 Å². The maximum Gasteiger partial charge on any atom is 0.267 e. The van der Waals surface area contributed by atoms with Crippen molar-refractivity contribution < 1.29 is 17.9 Å². The molecule has 0 heterocycles. The van der Waals surface area contributed by atoms with E-state index in [4.69, 9.17) is 5.11 Å². The van der Waals surface area contributed by atoms with E-state index in [-0.39, 0.29) is 5.56 Å². The van der Waals surface area contributed by atoms with Gasteiger partial charge in [-0.25, -0.2) is 12.8 Å². The summed E-state index contributed by atoms with van der Waals surface area (Å²) in [5.41, 5.74) is 0.340. The van der Waals surface area contributed by atoms with Gasteiger partial charge in [-0.2, -0.15) is 0 Å². The lowest BCUT2D eigenvalue weighted by Gasteiger charge is -2.20. The third kappa shape index (κ3) is 3.09. The largest absolute Gasteiger partial charge is 0.392 e. The van der Waals surface area contributed by atoms with Crippen molar-refractivity contribution in [2.45, 2.75) is 11.5 Å². The van der Waals surface area contributed by atoms with Gasteiger partial charge in [-0.05, 0) is 24.3 Å². The van der Waals surface area contributed by atoms with Gasteiger partial charge in [-0.15, -0.1) is 0 Å². The Balaban J connectivity index is 2.57. The number of para-hydroxylation sites is 1. The lowest BCUT2D eigenvalue weighted by molar-refractivity contribution is 0.274. The normalized spacial score (nSPS) is 11.4. The number of aliphatic hydroxyl groups excluding tert-OH is 1. The number of aliphatic hydroxyl groups is 1. The smallest absolute Gasteiger partial charge is 0.267 e. The molecule has 0 saturated heterocycles. The topological polar surface area (TPSA) is 57.6 Å². The van der Waals surface area contributed by atoms with Gasteiger partial charge in [-0.1, -0.05) is 34.1 Å². The molecule has 4 nitrogen and oxygen atoms in total. The first-order valence-corrected chi connectivity index (χ1v) is 8.24. The molecule has 0 unspecified atom stereocenters. The van der Waals surface area contributed by atoms with E-state index in [1.165, 1.54) is 19.2 Å². The average molecular weight is 374 g/mol. The van der Waals surface area contributed by atoms with Crippen molar-refractivity contribution in [2.24, 2.45) is 0 Å². The van der Waals surface area contributed by atoms with Gasteiger partial charge < -0.3 is 5.11 Å². The maximum atomic E-state index is 14.2. The van der Waals surface area contributed by atoms with Crippen LogP contribution in [0.5, 0.6) is 0 Å². The van der Waals surface area contributed by atoms with Gasteiger partial charge in [0.25, 0.3) is 10.0 Å². The molecule has 0 fully saturated rings. The maximum absolute atomic E-state index is 14.2. The highest BCUT2D eigenvalue weighted by atomic mass is 79.9. The van der Waals surface area contributed by atoms with Crippen molar-refractivity contribution >= 4 is 31.6 Å². The van der Waals surface area contributed by atoms with E-state index in [9.17, 15) is 12.8 Å². The van der Waals surface area contributed by atoms with Crippen molar-refractivity contribution in [2.75, 3.05) is 11.4 Å². The van der Waals surface area contributed by atoms with Crippen LogP contribution >= 0.6 is 15.9 Å². The van der Waals surface area contributed by atoms with Crippen LogP contribution in [-0.2, 0) is 16.6 Å². The summed E-state index contributed by atoms with van der Waals surface area (Å²) in [6.45, 7) is -0.581. The molecule has 0 radical (unpaired) electrons. The second kappa shape index (κ2) is 6.13. The summed E-state index contributed by atoms with van der Waals surface area (Å²) in [5.74, 6) is -0.941. The molecule has 0 saturated carbocycles. The van der Waals surface area contributed by atoms with E-state index < -0.39 is 27.3 Å². The number of sulfonamides is 1. The van der Waals surface area contributed by atoms with Crippen LogP contribution in [0.2, 0.25) is 0 Å². The minimum absolute atomic E-state index is 0.0792. The van der Waals surface area contributed by atoms with E-state index in [1.807, 2.05) is 0 Å². The van der Waals surface area contributed by atoms with Crippen molar-refractivity contribution in [3.8, 4) is 0 Å². The molecule has 2 rings (SSSR count). The predicted octanol–water partition coefficient (Wildman–Crippen LogP) is 2.91. The highest BCUT2D eigenvalue weighted by Crippen LogP contribution is 2.28. The second-order valence-electron chi connectivity index (χ2n) is 4.34. The van der Waals surface area contributed by atoms with Gasteiger partial charge in [-0.3, -0.25) is 4.31 Å². The Morgan fingerprint density at radius 3 is 2.43 bits per heavy atom. The van der Waals surface area contributed by atoms with Gasteiger partial charge in [0.05, 0.1) is 12.3 Å². The highest BCUT2D eigenvalue weighted by molar-refractivity contribution is 9.10. The Labute approximate surface area is 131 Å². The van der Waals surface area contributed by atoms with Crippen LogP contribution in [0.25, 0.3) is 0 Å². The van der Waals surface area contributed by atoms with Crippen LogP contribution in [-0.4, -0.2) is 20.6 Å². The first-order valence-electron chi connectivity index (χ1n) is 6.00. The molecule has 0 bridgehead atoms. The molecule has 0 aliphatic carbocycles. The third-order valence-electron chi connectivity index (χ3n) is 3.01. The van der Waals surface area contributed by atoms with Crippen LogP contribution in [0.3, 0.4) is 0 Å². The minimum Gasteiger partial charge on any atom is -0.392 e. The fourth-order valence-corrected chi connectivity index (χ4v) is 3.83. The summed E-state index contributed by atoms with van der Waals surface area (Å²) in [4.78, 5) is -0.479. The molecule has 0 spiro atoms. The second-order valence-corrected chi connectivity index (χ2v) is 7.20. The zero-order chi connectivity index (χ0) is 15.6. The van der Waals surface area contributed by atoms with E-state index in [0.29, 0.717) is 10.2 Å². The van der Waals surface area contributed by atoms with Crippen molar-refractivity contribution in [3.05, 3.63) is 58.3 Å². The Morgan fingerprint density at radius 2 is 1.86 bits per heavy atom. The summed E-state index contributed by atoms with van der Waals surface area (Å²) in [5, 5.41) is 9.12. The van der Waals surface area contributed by atoms with Crippen molar-refractivity contribution in [3.63, 3.8) is 0 Å². The number of anilines is 1. The fraction of sp³-hybridized carbons (Fsp3) is 0.143. The van der Waals surface area contributed by atoms with Crippen LogP contribution in [0.15, 0.2) is 51.8 Å². The first-order chi connectivity index (χ1) is 9.87. The van der Waals surface area contributed by atoms with E-state index >= 15 is 0 Å². The molecule has 0 aliphatic rings. The molecule has 0 amide bonds. The number of rotatable bonds is 4. The molecular formula is C14H13BrFNO3S. The first kappa shape index (κ1) is 15.9. The molecule has 0 atom stereocenters. The van der Waals surface area contributed by atoms with Crippen LogP contribution in [0, 0.1) is 5.82 Å². The number of nitrogens with zero attached hydrogens (tertiary/aromatic N) is 1. The molecule has 2 aromatic rings. The SMILES string of the molecule is CN(c1ccccc1)S(=O)(=O)c1cc(Br)cc(CO)c1F. The Bertz CT molecular complexity index is 750. The summed E-state index contributed by atoms with van der Waals surface area (Å²) in [6.07, 6.45) is 0. The average Bonchev–Trinajstić information content (AvgIpc) is 2.49. The predicted molar refractivity (Wildman–Crippen MR) is 82.1 cm³/mol. The Morgan fingerprint density at radius 1 is 1.24 bits per heavy atom. The summed E-state index contributed by atoms with van der Waals surface area (Å²) >= 11 is 3.13. The molecule has 7 heteroatoms. The fourth-order valence-electron chi connectivity index (χ4n) is 1.85.